The van der Waals surface area contributed by atoms with Crippen molar-refractivity contribution in [2.75, 3.05) is 13.7 Å². The normalized spacial score (nSPS) is 15.1. The van der Waals surface area contributed by atoms with Crippen LogP contribution in [0.2, 0.25) is 0 Å². The van der Waals surface area contributed by atoms with Gasteiger partial charge >= 0.3 is 0 Å². The summed E-state index contributed by atoms with van der Waals surface area (Å²) in [5, 5.41) is 3.47. The fourth-order valence-electron chi connectivity index (χ4n) is 1.56. The molecule has 2 atom stereocenters. The molecule has 0 bridgehead atoms. The molecule has 1 aromatic rings. The number of ether oxygens (including phenoxy) is 1. The highest BCUT2D eigenvalue weighted by molar-refractivity contribution is 5.18. The van der Waals surface area contributed by atoms with Crippen molar-refractivity contribution in [3.8, 4) is 0 Å². The van der Waals surface area contributed by atoms with Crippen molar-refractivity contribution in [2.24, 2.45) is 0 Å². The second-order valence-electron chi connectivity index (χ2n) is 3.66. The van der Waals surface area contributed by atoms with E-state index in [-0.39, 0.29) is 0 Å². The van der Waals surface area contributed by atoms with E-state index in [4.69, 9.17) is 4.74 Å². The zero-order valence-corrected chi connectivity index (χ0v) is 9.16. The molecule has 1 N–H and O–H groups in total. The lowest BCUT2D eigenvalue weighted by molar-refractivity contribution is 0.168. The Kier molecular flexibility index (Phi) is 4.63. The van der Waals surface area contributed by atoms with E-state index in [0.29, 0.717) is 12.1 Å². The fourth-order valence-corrected chi connectivity index (χ4v) is 1.56. The Bertz CT molecular complexity index is 248. The summed E-state index contributed by atoms with van der Waals surface area (Å²) in [6.45, 7) is 5.04. The molecule has 2 heteroatoms. The third-order valence-electron chi connectivity index (χ3n) is 2.25. The highest BCUT2D eigenvalue weighted by atomic mass is 16.5. The van der Waals surface area contributed by atoms with Crippen LogP contribution in [0, 0.1) is 0 Å². The van der Waals surface area contributed by atoms with Crippen molar-refractivity contribution >= 4 is 0 Å². The van der Waals surface area contributed by atoms with E-state index in [0.717, 1.165) is 6.61 Å². The Morgan fingerprint density at radius 3 is 2.43 bits per heavy atom. The van der Waals surface area contributed by atoms with Crippen molar-refractivity contribution in [1.29, 1.82) is 0 Å². The Labute approximate surface area is 86.3 Å². The largest absolute Gasteiger partial charge is 0.383 e. The first kappa shape index (κ1) is 11.2. The summed E-state index contributed by atoms with van der Waals surface area (Å²) in [6.07, 6.45) is 0. The summed E-state index contributed by atoms with van der Waals surface area (Å²) in [5.74, 6) is 0. The van der Waals surface area contributed by atoms with Crippen LogP contribution in [0.25, 0.3) is 0 Å². The molecule has 1 aromatic carbocycles. The third kappa shape index (κ3) is 3.48. The van der Waals surface area contributed by atoms with Gasteiger partial charge in [0.15, 0.2) is 0 Å². The average molecular weight is 193 g/mol. The molecule has 0 heterocycles. The van der Waals surface area contributed by atoms with Crippen LogP contribution in [0.1, 0.15) is 25.5 Å². The third-order valence-corrected chi connectivity index (χ3v) is 2.25. The van der Waals surface area contributed by atoms with Crippen LogP contribution in [-0.4, -0.2) is 19.8 Å². The van der Waals surface area contributed by atoms with Crippen molar-refractivity contribution in [3.05, 3.63) is 35.9 Å². The number of hydrogen-bond donors (Lipinski definition) is 1. The molecule has 0 radical (unpaired) electrons. The second-order valence-corrected chi connectivity index (χ2v) is 3.66. The molecular formula is C12H19NO. The van der Waals surface area contributed by atoms with Crippen molar-refractivity contribution in [3.63, 3.8) is 0 Å². The van der Waals surface area contributed by atoms with Gasteiger partial charge in [0.1, 0.15) is 0 Å². The number of nitrogens with one attached hydrogen (secondary N) is 1. The Morgan fingerprint density at radius 2 is 1.86 bits per heavy atom. The molecule has 0 amide bonds. The highest BCUT2D eigenvalue weighted by Gasteiger charge is 2.07. The van der Waals surface area contributed by atoms with Gasteiger partial charge in [0.2, 0.25) is 0 Å². The lowest BCUT2D eigenvalue weighted by atomic mass is 10.1. The molecule has 2 nitrogen and oxygen atoms in total. The summed E-state index contributed by atoms with van der Waals surface area (Å²) in [7, 11) is 1.73. The number of benzene rings is 1. The van der Waals surface area contributed by atoms with Crippen LogP contribution >= 0.6 is 0 Å². The van der Waals surface area contributed by atoms with Crippen molar-refractivity contribution < 1.29 is 4.74 Å². The zero-order chi connectivity index (χ0) is 10.4. The van der Waals surface area contributed by atoms with Gasteiger partial charge < -0.3 is 10.1 Å². The van der Waals surface area contributed by atoms with E-state index in [1.165, 1.54) is 5.56 Å². The van der Waals surface area contributed by atoms with Crippen LogP contribution in [0.15, 0.2) is 30.3 Å². The van der Waals surface area contributed by atoms with E-state index in [1.54, 1.807) is 7.11 Å². The van der Waals surface area contributed by atoms with Gasteiger partial charge in [-0.3, -0.25) is 0 Å². The Morgan fingerprint density at radius 1 is 1.21 bits per heavy atom. The molecule has 0 aliphatic carbocycles. The van der Waals surface area contributed by atoms with Crippen molar-refractivity contribution in [2.45, 2.75) is 25.9 Å². The summed E-state index contributed by atoms with van der Waals surface area (Å²) in [6, 6.07) is 11.2. The van der Waals surface area contributed by atoms with Gasteiger partial charge in [0.05, 0.1) is 6.61 Å². The molecular weight excluding hydrogens is 174 g/mol. The van der Waals surface area contributed by atoms with Gasteiger partial charge in [-0.25, -0.2) is 0 Å². The maximum absolute atomic E-state index is 5.08. The van der Waals surface area contributed by atoms with E-state index in [1.807, 2.05) is 6.07 Å². The quantitative estimate of drug-likeness (QED) is 0.775. The summed E-state index contributed by atoms with van der Waals surface area (Å²) in [5.41, 5.74) is 1.32. The molecule has 0 aliphatic rings. The molecule has 78 valence electrons. The topological polar surface area (TPSA) is 21.3 Å². The standard InChI is InChI=1S/C12H19NO/c1-10(9-14-3)13-11(2)12-7-5-4-6-8-12/h4-8,10-11,13H,9H2,1-3H3/t10-,11+/m0/s1. The first-order valence-corrected chi connectivity index (χ1v) is 5.04. The molecule has 0 aliphatic heterocycles. The Balaban J connectivity index is 2.46. The second kappa shape index (κ2) is 5.78. The van der Waals surface area contributed by atoms with Gasteiger partial charge in [0, 0.05) is 19.2 Å². The van der Waals surface area contributed by atoms with Gasteiger partial charge in [-0.05, 0) is 19.4 Å². The number of methoxy groups -OCH3 is 1. The molecule has 0 fully saturated rings. The molecule has 0 spiro atoms. The monoisotopic (exact) mass is 193 g/mol. The highest BCUT2D eigenvalue weighted by Crippen LogP contribution is 2.11. The van der Waals surface area contributed by atoms with E-state index >= 15 is 0 Å². The maximum atomic E-state index is 5.08. The lowest BCUT2D eigenvalue weighted by Gasteiger charge is -2.19. The van der Waals surface area contributed by atoms with Gasteiger partial charge in [-0.1, -0.05) is 30.3 Å². The zero-order valence-electron chi connectivity index (χ0n) is 9.16. The minimum atomic E-state index is 0.376. The fraction of sp³-hybridized carbons (Fsp3) is 0.500. The van der Waals surface area contributed by atoms with Crippen LogP contribution in [0.5, 0.6) is 0 Å². The number of hydrogen-bond acceptors (Lipinski definition) is 2. The van der Waals surface area contributed by atoms with Crippen LogP contribution in [0.3, 0.4) is 0 Å². The number of rotatable bonds is 5. The Hall–Kier alpha value is -0.860. The maximum Gasteiger partial charge on any atom is 0.0613 e. The van der Waals surface area contributed by atoms with E-state index in [9.17, 15) is 0 Å². The summed E-state index contributed by atoms with van der Waals surface area (Å²) in [4.78, 5) is 0. The van der Waals surface area contributed by atoms with Crippen LogP contribution < -0.4 is 5.32 Å². The lowest BCUT2D eigenvalue weighted by Crippen LogP contribution is -2.32. The molecule has 1 rings (SSSR count). The molecule has 0 saturated heterocycles. The van der Waals surface area contributed by atoms with Crippen LogP contribution in [-0.2, 0) is 4.74 Å². The first-order chi connectivity index (χ1) is 6.74. The molecule has 0 aromatic heterocycles. The average Bonchev–Trinajstić information content (AvgIpc) is 2.19. The predicted molar refractivity (Wildman–Crippen MR) is 59.3 cm³/mol. The minimum absolute atomic E-state index is 0.376. The minimum Gasteiger partial charge on any atom is -0.383 e. The predicted octanol–water partition coefficient (Wildman–Crippen LogP) is 2.37. The van der Waals surface area contributed by atoms with Crippen LogP contribution in [0.4, 0.5) is 0 Å². The molecule has 0 unspecified atom stereocenters. The van der Waals surface area contributed by atoms with Gasteiger partial charge in [-0.2, -0.15) is 0 Å². The smallest absolute Gasteiger partial charge is 0.0613 e. The van der Waals surface area contributed by atoms with Gasteiger partial charge in [0.25, 0.3) is 0 Å². The summed E-state index contributed by atoms with van der Waals surface area (Å²) < 4.78 is 5.08. The van der Waals surface area contributed by atoms with Gasteiger partial charge in [-0.15, -0.1) is 0 Å². The SMILES string of the molecule is COC[C@H](C)N[C@H](C)c1ccccc1. The summed E-state index contributed by atoms with van der Waals surface area (Å²) >= 11 is 0. The first-order valence-electron chi connectivity index (χ1n) is 5.04. The van der Waals surface area contributed by atoms with E-state index < -0.39 is 0 Å². The van der Waals surface area contributed by atoms with E-state index in [2.05, 4.69) is 43.4 Å². The molecule has 14 heavy (non-hydrogen) atoms. The van der Waals surface area contributed by atoms with Crippen molar-refractivity contribution in [1.82, 2.24) is 5.32 Å². The molecule has 0 saturated carbocycles.